The van der Waals surface area contributed by atoms with Crippen molar-refractivity contribution < 1.29 is 13.2 Å². The van der Waals surface area contributed by atoms with Gasteiger partial charge in [0, 0.05) is 12.5 Å². The molecule has 96 valence electrons. The van der Waals surface area contributed by atoms with E-state index in [9.17, 15) is 8.78 Å². The second-order valence-electron chi connectivity index (χ2n) is 4.53. The van der Waals surface area contributed by atoms with Crippen LogP contribution in [0.1, 0.15) is 18.2 Å². The van der Waals surface area contributed by atoms with Crippen LogP contribution >= 0.6 is 0 Å². The molecule has 0 saturated carbocycles. The fraction of sp³-hybridized carbons (Fsp3) is 0.286. The van der Waals surface area contributed by atoms with Gasteiger partial charge in [-0.1, -0.05) is 0 Å². The molecule has 0 radical (unpaired) electrons. The predicted molar refractivity (Wildman–Crippen MR) is 66.2 cm³/mol. The van der Waals surface area contributed by atoms with Gasteiger partial charge in [0.1, 0.15) is 23.2 Å². The van der Waals surface area contributed by atoms with Crippen molar-refractivity contribution >= 4 is 0 Å². The molecule has 1 aromatic heterocycles. The van der Waals surface area contributed by atoms with Crippen LogP contribution in [0, 0.1) is 18.6 Å². The van der Waals surface area contributed by atoms with E-state index in [0.717, 1.165) is 6.07 Å². The maximum absolute atomic E-state index is 13.7. The number of rotatable bonds is 3. The molecule has 4 heteroatoms. The number of hydrogen-bond donors (Lipinski definition) is 1. The summed E-state index contributed by atoms with van der Waals surface area (Å²) in [6.45, 7) is 3.38. The van der Waals surface area contributed by atoms with Crippen molar-refractivity contribution in [2.45, 2.75) is 26.3 Å². The number of benzene rings is 1. The third-order valence-corrected chi connectivity index (χ3v) is 2.70. The third kappa shape index (κ3) is 2.59. The zero-order valence-corrected chi connectivity index (χ0v) is 10.3. The van der Waals surface area contributed by atoms with Crippen molar-refractivity contribution in [2.75, 3.05) is 0 Å². The summed E-state index contributed by atoms with van der Waals surface area (Å²) in [5.41, 5.74) is 6.06. The van der Waals surface area contributed by atoms with Gasteiger partial charge in [0.25, 0.3) is 0 Å². The molecule has 1 unspecified atom stereocenters. The second-order valence-corrected chi connectivity index (χ2v) is 4.53. The van der Waals surface area contributed by atoms with Gasteiger partial charge in [0.15, 0.2) is 0 Å². The minimum atomic E-state index is -0.490. The van der Waals surface area contributed by atoms with Gasteiger partial charge >= 0.3 is 0 Å². The molecule has 0 amide bonds. The summed E-state index contributed by atoms with van der Waals surface area (Å²) in [6.07, 6.45) is 0.565. The molecule has 2 N–H and O–H groups in total. The van der Waals surface area contributed by atoms with Gasteiger partial charge in [-0.25, -0.2) is 8.78 Å². The fourth-order valence-electron chi connectivity index (χ4n) is 1.78. The Morgan fingerprint density at radius 2 is 1.94 bits per heavy atom. The summed E-state index contributed by atoms with van der Waals surface area (Å²) in [6, 6.07) is 5.64. The molecule has 0 spiro atoms. The van der Waals surface area contributed by atoms with Crippen LogP contribution in [0.2, 0.25) is 0 Å². The molecule has 2 rings (SSSR count). The summed E-state index contributed by atoms with van der Waals surface area (Å²) in [7, 11) is 0. The molecule has 1 heterocycles. The largest absolute Gasteiger partial charge is 0.461 e. The quantitative estimate of drug-likeness (QED) is 0.907. The lowest BCUT2D eigenvalue weighted by molar-refractivity contribution is 0.498. The Labute approximate surface area is 104 Å². The first kappa shape index (κ1) is 12.8. The van der Waals surface area contributed by atoms with Crippen LogP contribution in [0.3, 0.4) is 0 Å². The zero-order chi connectivity index (χ0) is 13.3. The van der Waals surface area contributed by atoms with E-state index >= 15 is 0 Å². The first-order chi connectivity index (χ1) is 8.47. The smallest absolute Gasteiger partial charge is 0.137 e. The minimum Gasteiger partial charge on any atom is -0.461 e. The number of furan rings is 1. The summed E-state index contributed by atoms with van der Waals surface area (Å²) < 4.78 is 32.6. The SMILES string of the molecule is Cc1cc(F)c(-c2ccc(CC(C)N)o2)cc1F. The predicted octanol–water partition coefficient (Wildman–Crippen LogP) is 3.42. The molecule has 1 atom stereocenters. The van der Waals surface area contributed by atoms with E-state index < -0.39 is 11.6 Å². The van der Waals surface area contributed by atoms with E-state index in [1.54, 1.807) is 12.1 Å². The molecule has 0 bridgehead atoms. The summed E-state index contributed by atoms with van der Waals surface area (Å²) >= 11 is 0. The molecule has 2 aromatic rings. The molecule has 0 aliphatic heterocycles. The van der Waals surface area contributed by atoms with Crippen LogP contribution in [-0.2, 0) is 6.42 Å². The standard InChI is InChI=1S/C14H15F2NO/c1-8-5-13(16)11(7-12(8)15)14-4-3-10(18-14)6-9(2)17/h3-5,7,9H,6,17H2,1-2H3. The van der Waals surface area contributed by atoms with Crippen LogP contribution in [0.5, 0.6) is 0 Å². The van der Waals surface area contributed by atoms with E-state index in [-0.39, 0.29) is 17.2 Å². The maximum Gasteiger partial charge on any atom is 0.137 e. The number of hydrogen-bond acceptors (Lipinski definition) is 2. The molecule has 0 fully saturated rings. The molecular weight excluding hydrogens is 236 g/mol. The van der Waals surface area contributed by atoms with Crippen molar-refractivity contribution in [3.8, 4) is 11.3 Å². The van der Waals surface area contributed by atoms with Crippen molar-refractivity contribution in [1.29, 1.82) is 0 Å². The van der Waals surface area contributed by atoms with Crippen LogP contribution in [0.25, 0.3) is 11.3 Å². The average molecular weight is 251 g/mol. The van der Waals surface area contributed by atoms with Crippen molar-refractivity contribution in [1.82, 2.24) is 0 Å². The molecule has 0 aliphatic rings. The van der Waals surface area contributed by atoms with Crippen molar-refractivity contribution in [3.05, 3.63) is 47.2 Å². The molecule has 1 aromatic carbocycles. The van der Waals surface area contributed by atoms with Gasteiger partial charge < -0.3 is 10.2 Å². The maximum atomic E-state index is 13.7. The van der Waals surface area contributed by atoms with Crippen LogP contribution < -0.4 is 5.73 Å². The highest BCUT2D eigenvalue weighted by Gasteiger charge is 2.13. The first-order valence-electron chi connectivity index (χ1n) is 5.77. The van der Waals surface area contributed by atoms with Crippen LogP contribution in [0.4, 0.5) is 8.78 Å². The van der Waals surface area contributed by atoms with Gasteiger partial charge in [0.05, 0.1) is 5.56 Å². The Kier molecular flexibility index (Phi) is 3.48. The first-order valence-corrected chi connectivity index (χ1v) is 5.77. The molecule has 2 nitrogen and oxygen atoms in total. The highest BCUT2D eigenvalue weighted by Crippen LogP contribution is 2.27. The topological polar surface area (TPSA) is 39.2 Å². The summed E-state index contributed by atoms with van der Waals surface area (Å²) in [5.74, 6) is 0.0505. The molecule has 18 heavy (non-hydrogen) atoms. The van der Waals surface area contributed by atoms with Crippen molar-refractivity contribution in [3.63, 3.8) is 0 Å². The Hall–Kier alpha value is -1.68. The average Bonchev–Trinajstić information content (AvgIpc) is 2.70. The fourth-order valence-corrected chi connectivity index (χ4v) is 1.78. The molecular formula is C14H15F2NO. The van der Waals surface area contributed by atoms with Gasteiger partial charge in [-0.15, -0.1) is 0 Å². The van der Waals surface area contributed by atoms with E-state index in [0.29, 0.717) is 17.9 Å². The normalized spacial score (nSPS) is 12.7. The highest BCUT2D eigenvalue weighted by atomic mass is 19.1. The molecule has 0 aliphatic carbocycles. The Balaban J connectivity index is 2.37. The van der Waals surface area contributed by atoms with Gasteiger partial charge in [-0.05, 0) is 43.7 Å². The van der Waals surface area contributed by atoms with Gasteiger partial charge in [-0.3, -0.25) is 0 Å². The third-order valence-electron chi connectivity index (χ3n) is 2.70. The Morgan fingerprint density at radius 1 is 1.22 bits per heavy atom. The van der Waals surface area contributed by atoms with Crippen LogP contribution in [0.15, 0.2) is 28.7 Å². The molecule has 0 saturated heterocycles. The number of aryl methyl sites for hydroxylation is 1. The number of nitrogens with two attached hydrogens (primary N) is 1. The zero-order valence-electron chi connectivity index (χ0n) is 10.3. The lowest BCUT2D eigenvalue weighted by Crippen LogP contribution is -2.17. The summed E-state index contributed by atoms with van der Waals surface area (Å²) in [5, 5.41) is 0. The summed E-state index contributed by atoms with van der Waals surface area (Å²) in [4.78, 5) is 0. The van der Waals surface area contributed by atoms with E-state index in [4.69, 9.17) is 10.2 Å². The lowest BCUT2D eigenvalue weighted by Gasteiger charge is -2.04. The second kappa shape index (κ2) is 4.90. The monoisotopic (exact) mass is 251 g/mol. The van der Waals surface area contributed by atoms with Crippen molar-refractivity contribution in [2.24, 2.45) is 5.73 Å². The van der Waals surface area contributed by atoms with Crippen LogP contribution in [-0.4, -0.2) is 6.04 Å². The Bertz CT molecular complexity index is 561. The van der Waals surface area contributed by atoms with E-state index in [1.807, 2.05) is 6.92 Å². The highest BCUT2D eigenvalue weighted by molar-refractivity contribution is 5.59. The Morgan fingerprint density at radius 3 is 2.61 bits per heavy atom. The minimum absolute atomic E-state index is 0.0383. The van der Waals surface area contributed by atoms with E-state index in [2.05, 4.69) is 0 Å². The van der Waals surface area contributed by atoms with E-state index in [1.165, 1.54) is 13.0 Å². The lowest BCUT2D eigenvalue weighted by atomic mass is 10.1. The number of halogens is 2. The van der Waals surface area contributed by atoms with Gasteiger partial charge in [-0.2, -0.15) is 0 Å². The van der Waals surface area contributed by atoms with Gasteiger partial charge in [0.2, 0.25) is 0 Å².